The van der Waals surface area contributed by atoms with E-state index in [0.29, 0.717) is 16.9 Å². The molecule has 2 N–H and O–H groups in total. The topological polar surface area (TPSA) is 75.3 Å². The summed E-state index contributed by atoms with van der Waals surface area (Å²) in [6.07, 6.45) is 0. The van der Waals surface area contributed by atoms with Crippen molar-refractivity contribution >= 4 is 27.3 Å². The molecule has 0 aliphatic carbocycles. The predicted molar refractivity (Wildman–Crippen MR) is 128 cm³/mol. The second-order valence-electron chi connectivity index (χ2n) is 7.39. The summed E-state index contributed by atoms with van der Waals surface area (Å²) >= 11 is 0. The highest BCUT2D eigenvalue weighted by Gasteiger charge is 2.15. The van der Waals surface area contributed by atoms with Gasteiger partial charge in [0, 0.05) is 16.9 Å². The Kier molecular flexibility index (Phi) is 6.05. The second-order valence-corrected chi connectivity index (χ2v) is 9.08. The zero-order chi connectivity index (χ0) is 22.6. The minimum absolute atomic E-state index is 0.166. The maximum absolute atomic E-state index is 12.8. The third-order valence-corrected chi connectivity index (χ3v) is 6.38. The molecule has 0 saturated carbocycles. The van der Waals surface area contributed by atoms with Crippen molar-refractivity contribution in [2.45, 2.75) is 11.8 Å². The van der Waals surface area contributed by atoms with Gasteiger partial charge in [-0.05, 0) is 66.6 Å². The first-order valence-electron chi connectivity index (χ1n) is 10.1. The van der Waals surface area contributed by atoms with Crippen LogP contribution in [-0.4, -0.2) is 14.3 Å². The van der Waals surface area contributed by atoms with Crippen molar-refractivity contribution in [3.05, 3.63) is 114 Å². The molecule has 0 atom stereocenters. The number of amides is 1. The largest absolute Gasteiger partial charge is 0.322 e. The van der Waals surface area contributed by atoms with Crippen LogP contribution in [0.4, 0.5) is 11.4 Å². The van der Waals surface area contributed by atoms with Gasteiger partial charge in [-0.2, -0.15) is 0 Å². The van der Waals surface area contributed by atoms with Gasteiger partial charge in [0.15, 0.2) is 0 Å². The molecular weight excluding hydrogens is 420 g/mol. The summed E-state index contributed by atoms with van der Waals surface area (Å²) in [6.45, 7) is 2.02. The number of benzene rings is 4. The number of sulfonamides is 1. The van der Waals surface area contributed by atoms with Crippen molar-refractivity contribution in [1.82, 2.24) is 0 Å². The monoisotopic (exact) mass is 442 g/mol. The van der Waals surface area contributed by atoms with E-state index in [1.165, 1.54) is 5.56 Å². The molecule has 4 aromatic rings. The minimum Gasteiger partial charge on any atom is -0.322 e. The summed E-state index contributed by atoms with van der Waals surface area (Å²) in [7, 11) is -3.75. The summed E-state index contributed by atoms with van der Waals surface area (Å²) < 4.78 is 28.1. The summed E-state index contributed by atoms with van der Waals surface area (Å²) in [5.74, 6) is -0.266. The Bertz CT molecular complexity index is 1310. The van der Waals surface area contributed by atoms with Crippen LogP contribution in [0.5, 0.6) is 0 Å². The molecule has 1 amide bonds. The van der Waals surface area contributed by atoms with Crippen LogP contribution < -0.4 is 10.0 Å². The molecular formula is C26H22N2O3S. The van der Waals surface area contributed by atoms with Crippen LogP contribution in [-0.2, 0) is 10.0 Å². The molecule has 4 aromatic carbocycles. The van der Waals surface area contributed by atoms with Crippen molar-refractivity contribution in [1.29, 1.82) is 0 Å². The van der Waals surface area contributed by atoms with Gasteiger partial charge < -0.3 is 5.32 Å². The van der Waals surface area contributed by atoms with Gasteiger partial charge in [0.05, 0.1) is 4.90 Å². The van der Waals surface area contributed by atoms with Crippen LogP contribution >= 0.6 is 0 Å². The maximum atomic E-state index is 12.8. The van der Waals surface area contributed by atoms with Crippen LogP contribution in [0.1, 0.15) is 15.9 Å². The van der Waals surface area contributed by atoms with Crippen molar-refractivity contribution in [3.63, 3.8) is 0 Å². The number of anilines is 2. The van der Waals surface area contributed by atoms with Crippen LogP contribution in [0.25, 0.3) is 11.1 Å². The first-order chi connectivity index (χ1) is 15.4. The predicted octanol–water partition coefficient (Wildman–Crippen LogP) is 5.72. The number of aryl methyl sites for hydroxylation is 1. The highest BCUT2D eigenvalue weighted by Crippen LogP contribution is 2.23. The molecule has 0 saturated heterocycles. The summed E-state index contributed by atoms with van der Waals surface area (Å²) in [6, 6.07) is 30.2. The standard InChI is InChI=1S/C26H22N2O3S/c1-19-7-9-20(10-8-19)21-13-17-25(18-14-21)32(30,31)28-24-15-11-22(12-16-24)26(29)27-23-5-3-2-4-6-23/h2-18,28H,1H3,(H,27,29). The smallest absolute Gasteiger partial charge is 0.261 e. The molecule has 0 heterocycles. The lowest BCUT2D eigenvalue weighted by molar-refractivity contribution is 0.102. The fourth-order valence-corrected chi connectivity index (χ4v) is 4.26. The Morgan fingerprint density at radius 2 is 1.22 bits per heavy atom. The molecule has 0 spiro atoms. The van der Waals surface area contributed by atoms with Gasteiger partial charge in [-0.3, -0.25) is 9.52 Å². The molecule has 6 heteroatoms. The van der Waals surface area contributed by atoms with Crippen LogP contribution in [0.15, 0.2) is 108 Å². The SMILES string of the molecule is Cc1ccc(-c2ccc(S(=O)(=O)Nc3ccc(C(=O)Nc4ccccc4)cc3)cc2)cc1. The molecule has 0 aliphatic heterocycles. The van der Waals surface area contributed by atoms with Gasteiger partial charge in [-0.15, -0.1) is 0 Å². The van der Waals surface area contributed by atoms with Crippen LogP contribution in [0.3, 0.4) is 0 Å². The van der Waals surface area contributed by atoms with E-state index in [-0.39, 0.29) is 10.8 Å². The Morgan fingerprint density at radius 3 is 1.81 bits per heavy atom. The van der Waals surface area contributed by atoms with E-state index in [4.69, 9.17) is 0 Å². The second kappa shape index (κ2) is 9.08. The number of nitrogens with one attached hydrogen (secondary N) is 2. The van der Waals surface area contributed by atoms with E-state index in [1.54, 1.807) is 60.7 Å². The van der Waals surface area contributed by atoms with Gasteiger partial charge >= 0.3 is 0 Å². The summed E-state index contributed by atoms with van der Waals surface area (Å²) in [5.41, 5.74) is 4.63. The molecule has 160 valence electrons. The molecule has 4 rings (SSSR count). The average Bonchev–Trinajstić information content (AvgIpc) is 2.80. The molecule has 0 bridgehead atoms. The van der Waals surface area contributed by atoms with Gasteiger partial charge in [0.25, 0.3) is 15.9 Å². The highest BCUT2D eigenvalue weighted by molar-refractivity contribution is 7.92. The van der Waals surface area contributed by atoms with E-state index < -0.39 is 10.0 Å². The lowest BCUT2D eigenvalue weighted by Crippen LogP contribution is -2.14. The number of carbonyl (C=O) groups is 1. The Labute approximate surface area is 187 Å². The van der Waals surface area contributed by atoms with Gasteiger partial charge in [-0.1, -0.05) is 60.2 Å². The highest BCUT2D eigenvalue weighted by atomic mass is 32.2. The van der Waals surface area contributed by atoms with E-state index in [2.05, 4.69) is 10.0 Å². The summed E-state index contributed by atoms with van der Waals surface area (Å²) in [4.78, 5) is 12.5. The fourth-order valence-electron chi connectivity index (χ4n) is 3.20. The first-order valence-corrected chi connectivity index (χ1v) is 11.6. The molecule has 32 heavy (non-hydrogen) atoms. The van der Waals surface area contributed by atoms with E-state index in [1.807, 2.05) is 49.4 Å². The number of para-hydroxylation sites is 1. The Morgan fingerprint density at radius 1 is 0.656 bits per heavy atom. The zero-order valence-electron chi connectivity index (χ0n) is 17.4. The number of rotatable bonds is 6. The van der Waals surface area contributed by atoms with E-state index in [9.17, 15) is 13.2 Å². The maximum Gasteiger partial charge on any atom is 0.261 e. The Hall–Kier alpha value is -3.90. The molecule has 0 unspecified atom stereocenters. The van der Waals surface area contributed by atoms with Gasteiger partial charge in [0.1, 0.15) is 0 Å². The van der Waals surface area contributed by atoms with Crippen molar-refractivity contribution in [3.8, 4) is 11.1 Å². The van der Waals surface area contributed by atoms with Crippen LogP contribution in [0, 0.1) is 6.92 Å². The minimum atomic E-state index is -3.75. The first kappa shape index (κ1) is 21.3. The van der Waals surface area contributed by atoms with Crippen molar-refractivity contribution in [2.24, 2.45) is 0 Å². The quantitative estimate of drug-likeness (QED) is 0.401. The molecule has 5 nitrogen and oxygen atoms in total. The third-order valence-electron chi connectivity index (χ3n) is 4.98. The third kappa shape index (κ3) is 5.04. The fraction of sp³-hybridized carbons (Fsp3) is 0.0385. The van der Waals surface area contributed by atoms with Gasteiger partial charge in [-0.25, -0.2) is 8.42 Å². The van der Waals surface area contributed by atoms with Crippen molar-refractivity contribution < 1.29 is 13.2 Å². The Balaban J connectivity index is 1.45. The molecule has 0 aromatic heterocycles. The number of hydrogen-bond acceptors (Lipinski definition) is 3. The lowest BCUT2D eigenvalue weighted by atomic mass is 10.0. The van der Waals surface area contributed by atoms with E-state index in [0.717, 1.165) is 11.1 Å². The number of carbonyl (C=O) groups excluding carboxylic acids is 1. The molecule has 0 fully saturated rings. The summed E-state index contributed by atoms with van der Waals surface area (Å²) in [5, 5.41) is 2.80. The van der Waals surface area contributed by atoms with Gasteiger partial charge in [0.2, 0.25) is 0 Å². The molecule has 0 radical (unpaired) electrons. The lowest BCUT2D eigenvalue weighted by Gasteiger charge is -2.10. The number of hydrogen-bond donors (Lipinski definition) is 2. The van der Waals surface area contributed by atoms with Crippen molar-refractivity contribution in [2.75, 3.05) is 10.0 Å². The zero-order valence-corrected chi connectivity index (χ0v) is 18.3. The normalized spacial score (nSPS) is 11.0. The van der Waals surface area contributed by atoms with Crippen LogP contribution in [0.2, 0.25) is 0 Å². The van der Waals surface area contributed by atoms with E-state index >= 15 is 0 Å². The average molecular weight is 443 g/mol. The molecule has 0 aliphatic rings.